The zero-order valence-corrected chi connectivity index (χ0v) is 13.2. The van der Waals surface area contributed by atoms with Crippen LogP contribution in [-0.2, 0) is 6.42 Å². The van der Waals surface area contributed by atoms with Gasteiger partial charge in [-0.1, -0.05) is 6.07 Å². The summed E-state index contributed by atoms with van der Waals surface area (Å²) in [6.45, 7) is 0.187. The minimum Gasteiger partial charge on any atom is -0.493 e. The number of amides is 1. The smallest absolute Gasteiger partial charge is 0.254 e. The summed E-state index contributed by atoms with van der Waals surface area (Å²) in [5.74, 6) is -4.19. The van der Waals surface area contributed by atoms with Gasteiger partial charge in [0.2, 0.25) is 0 Å². The molecule has 4 nitrogen and oxygen atoms in total. The predicted molar refractivity (Wildman–Crippen MR) is 81.9 cm³/mol. The second-order valence-corrected chi connectivity index (χ2v) is 4.92. The molecule has 0 unspecified atom stereocenters. The normalized spacial score (nSPS) is 10.4. The zero-order valence-electron chi connectivity index (χ0n) is 13.2. The highest BCUT2D eigenvalue weighted by Gasteiger charge is 2.18. The maximum atomic E-state index is 13.5. The third-order valence-electron chi connectivity index (χ3n) is 3.43. The lowest BCUT2D eigenvalue weighted by Gasteiger charge is -2.10. The van der Waals surface area contributed by atoms with E-state index < -0.39 is 28.9 Å². The van der Waals surface area contributed by atoms with Crippen molar-refractivity contribution in [3.63, 3.8) is 0 Å². The molecule has 0 atom stereocenters. The summed E-state index contributed by atoms with van der Waals surface area (Å²) < 4.78 is 49.8. The van der Waals surface area contributed by atoms with Gasteiger partial charge in [0.05, 0.1) is 19.8 Å². The molecule has 0 saturated carbocycles. The fourth-order valence-electron chi connectivity index (χ4n) is 2.15. The van der Waals surface area contributed by atoms with E-state index in [1.54, 1.807) is 18.2 Å². The van der Waals surface area contributed by atoms with Crippen molar-refractivity contribution >= 4 is 5.91 Å². The summed E-state index contributed by atoms with van der Waals surface area (Å²) in [5.41, 5.74) is 0.319. The minimum absolute atomic E-state index is 0.187. The first-order chi connectivity index (χ1) is 11.5. The van der Waals surface area contributed by atoms with Crippen LogP contribution in [0.2, 0.25) is 0 Å². The van der Waals surface area contributed by atoms with Gasteiger partial charge in [-0.25, -0.2) is 13.2 Å². The molecule has 24 heavy (non-hydrogen) atoms. The summed E-state index contributed by atoms with van der Waals surface area (Å²) in [5, 5.41) is 2.46. The molecular formula is C17H16F3NO3. The standard InChI is InChI=1S/C17H16F3NO3/c1-23-13-6-3-10(9-14(13)24-2)7-8-21-17(22)11-4-5-12(18)16(20)15(11)19/h3-6,9H,7-8H2,1-2H3,(H,21,22). The summed E-state index contributed by atoms with van der Waals surface area (Å²) in [4.78, 5) is 11.9. The van der Waals surface area contributed by atoms with Crippen LogP contribution in [0.4, 0.5) is 13.2 Å². The van der Waals surface area contributed by atoms with Crippen molar-refractivity contribution in [2.45, 2.75) is 6.42 Å². The highest BCUT2D eigenvalue weighted by atomic mass is 19.2. The van der Waals surface area contributed by atoms with Gasteiger partial charge in [-0.3, -0.25) is 4.79 Å². The average Bonchev–Trinajstić information content (AvgIpc) is 2.59. The Morgan fingerprint density at radius 2 is 1.71 bits per heavy atom. The molecule has 0 spiro atoms. The molecule has 2 rings (SSSR count). The molecule has 1 amide bonds. The van der Waals surface area contributed by atoms with Crippen LogP contribution >= 0.6 is 0 Å². The van der Waals surface area contributed by atoms with Crippen molar-refractivity contribution in [2.24, 2.45) is 0 Å². The van der Waals surface area contributed by atoms with Crippen molar-refractivity contribution in [3.05, 3.63) is 58.9 Å². The predicted octanol–water partition coefficient (Wildman–Crippen LogP) is 3.09. The molecule has 0 radical (unpaired) electrons. The number of benzene rings is 2. The second-order valence-electron chi connectivity index (χ2n) is 4.92. The van der Waals surface area contributed by atoms with E-state index in [2.05, 4.69) is 5.32 Å². The van der Waals surface area contributed by atoms with E-state index in [4.69, 9.17) is 9.47 Å². The molecule has 2 aromatic rings. The number of hydrogen-bond acceptors (Lipinski definition) is 3. The van der Waals surface area contributed by atoms with Crippen molar-refractivity contribution < 1.29 is 27.4 Å². The molecule has 0 aliphatic carbocycles. The van der Waals surface area contributed by atoms with E-state index in [1.807, 2.05) is 0 Å². The Morgan fingerprint density at radius 3 is 2.38 bits per heavy atom. The van der Waals surface area contributed by atoms with E-state index in [0.717, 1.165) is 11.6 Å². The SMILES string of the molecule is COc1ccc(CCNC(=O)c2ccc(F)c(F)c2F)cc1OC. The Kier molecular flexibility index (Phi) is 5.68. The first-order valence-corrected chi connectivity index (χ1v) is 7.10. The van der Waals surface area contributed by atoms with E-state index in [0.29, 0.717) is 24.0 Å². The first kappa shape index (κ1) is 17.7. The highest BCUT2D eigenvalue weighted by molar-refractivity contribution is 5.94. The zero-order chi connectivity index (χ0) is 17.7. The van der Waals surface area contributed by atoms with Gasteiger partial charge >= 0.3 is 0 Å². The Balaban J connectivity index is 1.99. The van der Waals surface area contributed by atoms with Gasteiger partial charge < -0.3 is 14.8 Å². The molecule has 0 heterocycles. The lowest BCUT2D eigenvalue weighted by molar-refractivity contribution is 0.0949. The number of halogens is 3. The van der Waals surface area contributed by atoms with Crippen LogP contribution < -0.4 is 14.8 Å². The fraction of sp³-hybridized carbons (Fsp3) is 0.235. The lowest BCUT2D eigenvalue weighted by atomic mass is 10.1. The van der Waals surface area contributed by atoms with Gasteiger partial charge in [-0.05, 0) is 36.2 Å². The molecule has 0 aliphatic heterocycles. The van der Waals surface area contributed by atoms with Crippen LogP contribution in [0.5, 0.6) is 11.5 Å². The number of hydrogen-bond donors (Lipinski definition) is 1. The van der Waals surface area contributed by atoms with Crippen LogP contribution in [0.1, 0.15) is 15.9 Å². The number of ether oxygens (including phenoxy) is 2. The molecule has 0 fully saturated rings. The fourth-order valence-corrected chi connectivity index (χ4v) is 2.15. The minimum atomic E-state index is -1.66. The molecule has 128 valence electrons. The van der Waals surface area contributed by atoms with E-state index in [9.17, 15) is 18.0 Å². The molecule has 0 saturated heterocycles. The number of methoxy groups -OCH3 is 2. The largest absolute Gasteiger partial charge is 0.493 e. The maximum absolute atomic E-state index is 13.5. The highest BCUT2D eigenvalue weighted by Crippen LogP contribution is 2.27. The average molecular weight is 339 g/mol. The van der Waals surface area contributed by atoms with Crippen molar-refractivity contribution in [3.8, 4) is 11.5 Å². The van der Waals surface area contributed by atoms with E-state index in [1.165, 1.54) is 14.2 Å². The Morgan fingerprint density at radius 1 is 1.00 bits per heavy atom. The molecule has 0 bridgehead atoms. The molecule has 2 aromatic carbocycles. The van der Waals surface area contributed by atoms with Crippen LogP contribution in [0.15, 0.2) is 30.3 Å². The summed E-state index contributed by atoms with van der Waals surface area (Å²) in [7, 11) is 3.03. The van der Waals surface area contributed by atoms with Gasteiger partial charge in [0.25, 0.3) is 5.91 Å². The number of nitrogens with one attached hydrogen (secondary N) is 1. The first-order valence-electron chi connectivity index (χ1n) is 7.10. The Bertz CT molecular complexity index is 750. The quantitative estimate of drug-likeness (QED) is 0.823. The number of carbonyl (C=O) groups excluding carboxylic acids is 1. The van der Waals surface area contributed by atoms with Gasteiger partial charge in [0.15, 0.2) is 29.0 Å². The monoisotopic (exact) mass is 339 g/mol. The van der Waals surface area contributed by atoms with Crippen LogP contribution in [0.3, 0.4) is 0 Å². The summed E-state index contributed by atoms with van der Waals surface area (Å²) in [6.07, 6.45) is 0.442. The molecule has 0 aromatic heterocycles. The van der Waals surface area contributed by atoms with Crippen molar-refractivity contribution in [2.75, 3.05) is 20.8 Å². The van der Waals surface area contributed by atoms with Gasteiger partial charge in [0, 0.05) is 6.54 Å². The summed E-state index contributed by atoms with van der Waals surface area (Å²) in [6, 6.07) is 6.89. The molecular weight excluding hydrogens is 323 g/mol. The van der Waals surface area contributed by atoms with E-state index in [-0.39, 0.29) is 6.54 Å². The van der Waals surface area contributed by atoms with Gasteiger partial charge in [-0.15, -0.1) is 0 Å². The van der Waals surface area contributed by atoms with Gasteiger partial charge in [0.1, 0.15) is 0 Å². The van der Waals surface area contributed by atoms with Crippen LogP contribution in [-0.4, -0.2) is 26.7 Å². The Labute approximate surface area is 137 Å². The molecule has 7 heteroatoms. The number of carbonyl (C=O) groups is 1. The Hall–Kier alpha value is -2.70. The lowest BCUT2D eigenvalue weighted by Crippen LogP contribution is -2.27. The summed E-state index contributed by atoms with van der Waals surface area (Å²) >= 11 is 0. The van der Waals surface area contributed by atoms with Crippen LogP contribution in [0, 0.1) is 17.5 Å². The second kappa shape index (κ2) is 7.72. The molecule has 1 N–H and O–H groups in total. The van der Waals surface area contributed by atoms with E-state index >= 15 is 0 Å². The maximum Gasteiger partial charge on any atom is 0.254 e. The topological polar surface area (TPSA) is 47.6 Å². The number of rotatable bonds is 6. The third kappa shape index (κ3) is 3.79. The third-order valence-corrected chi connectivity index (χ3v) is 3.43. The molecule has 0 aliphatic rings. The van der Waals surface area contributed by atoms with Crippen molar-refractivity contribution in [1.82, 2.24) is 5.32 Å². The van der Waals surface area contributed by atoms with Crippen molar-refractivity contribution in [1.29, 1.82) is 0 Å². The van der Waals surface area contributed by atoms with Gasteiger partial charge in [-0.2, -0.15) is 0 Å². The van der Waals surface area contributed by atoms with Crippen LogP contribution in [0.25, 0.3) is 0 Å².